The summed E-state index contributed by atoms with van der Waals surface area (Å²) in [6.45, 7) is 5.62. The van der Waals surface area contributed by atoms with Gasteiger partial charge in [-0.3, -0.25) is 9.69 Å². The molecule has 0 aromatic heterocycles. The molecule has 1 saturated heterocycles. The summed E-state index contributed by atoms with van der Waals surface area (Å²) in [7, 11) is 1.74. The summed E-state index contributed by atoms with van der Waals surface area (Å²) in [5, 5.41) is 3.03. The second-order valence-electron chi connectivity index (χ2n) is 9.75. The number of para-hydroxylation sites is 1. The smallest absolute Gasteiger partial charge is 0.322 e. The van der Waals surface area contributed by atoms with E-state index in [0.29, 0.717) is 30.5 Å². The van der Waals surface area contributed by atoms with Gasteiger partial charge in [0, 0.05) is 26.2 Å². The maximum Gasteiger partial charge on any atom is 0.322 e. The molecule has 0 radical (unpaired) electrons. The highest BCUT2D eigenvalue weighted by molar-refractivity contribution is 6.01. The van der Waals surface area contributed by atoms with Gasteiger partial charge in [0.25, 0.3) is 5.91 Å². The number of rotatable bonds is 7. The van der Waals surface area contributed by atoms with Crippen molar-refractivity contribution in [1.29, 1.82) is 0 Å². The van der Waals surface area contributed by atoms with Crippen LogP contribution >= 0.6 is 0 Å². The lowest BCUT2D eigenvalue weighted by atomic mass is 9.95. The van der Waals surface area contributed by atoms with Crippen LogP contribution in [0, 0.1) is 0 Å². The molecule has 3 aliphatic heterocycles. The van der Waals surface area contributed by atoms with Crippen LogP contribution in [-0.4, -0.2) is 65.9 Å². The molecular weight excluding hydrogens is 440 g/mol. The van der Waals surface area contributed by atoms with Crippen molar-refractivity contribution in [2.24, 2.45) is 0 Å². The molecule has 2 aromatic rings. The number of carbonyl (C=O) groups is 2. The zero-order chi connectivity index (χ0) is 24.4. The standard InChI is InChI=1S/C28H34N4O3/c1-20-10-6-7-15-31(20)16-9-17-32-19-24-25(27(32)33)26(29-28(34)30(24)2)21-11-8-14-23(18-21)35-22-12-4-3-5-13-22/h3-5,8,11-14,18,20,26H,6-7,9-10,15-17,19H2,1-2H3,(H,29,34). The third-order valence-corrected chi connectivity index (χ3v) is 7.42. The Bertz CT molecular complexity index is 1120. The quantitative estimate of drug-likeness (QED) is 0.640. The maximum atomic E-state index is 13.5. The monoisotopic (exact) mass is 474 g/mol. The Kier molecular flexibility index (Phi) is 6.77. The number of nitrogens with zero attached hydrogens (tertiary/aromatic N) is 3. The van der Waals surface area contributed by atoms with Crippen LogP contribution in [0.25, 0.3) is 0 Å². The molecule has 184 valence electrons. The summed E-state index contributed by atoms with van der Waals surface area (Å²) < 4.78 is 6.00. The number of likely N-dealkylation sites (tertiary alicyclic amines) is 1. The lowest BCUT2D eigenvalue weighted by Crippen LogP contribution is -2.45. The fraction of sp³-hybridized carbons (Fsp3) is 0.429. The minimum Gasteiger partial charge on any atom is -0.457 e. The van der Waals surface area contributed by atoms with Gasteiger partial charge in [-0.25, -0.2) is 4.79 Å². The summed E-state index contributed by atoms with van der Waals surface area (Å²) in [6, 6.07) is 17.1. The van der Waals surface area contributed by atoms with E-state index >= 15 is 0 Å². The van der Waals surface area contributed by atoms with Crippen molar-refractivity contribution in [2.45, 2.75) is 44.7 Å². The van der Waals surface area contributed by atoms with Crippen LogP contribution < -0.4 is 10.1 Å². The molecule has 5 rings (SSSR count). The van der Waals surface area contributed by atoms with Gasteiger partial charge in [0.1, 0.15) is 11.5 Å². The summed E-state index contributed by atoms with van der Waals surface area (Å²) in [5.41, 5.74) is 2.30. The van der Waals surface area contributed by atoms with Gasteiger partial charge >= 0.3 is 6.03 Å². The van der Waals surface area contributed by atoms with Crippen molar-refractivity contribution in [1.82, 2.24) is 20.0 Å². The molecule has 1 N–H and O–H groups in total. The molecule has 2 atom stereocenters. The van der Waals surface area contributed by atoms with Crippen LogP contribution in [0.4, 0.5) is 4.79 Å². The Labute approximate surface area is 207 Å². The van der Waals surface area contributed by atoms with Gasteiger partial charge in [-0.05, 0) is 62.6 Å². The summed E-state index contributed by atoms with van der Waals surface area (Å²) in [5.74, 6) is 1.42. The van der Waals surface area contributed by atoms with Crippen molar-refractivity contribution in [3.8, 4) is 11.5 Å². The van der Waals surface area contributed by atoms with Crippen LogP contribution in [0.2, 0.25) is 0 Å². The molecule has 7 heteroatoms. The first-order valence-corrected chi connectivity index (χ1v) is 12.6. The predicted molar refractivity (Wildman–Crippen MR) is 135 cm³/mol. The molecule has 2 unspecified atom stereocenters. The van der Waals surface area contributed by atoms with Gasteiger partial charge in [-0.2, -0.15) is 0 Å². The first-order chi connectivity index (χ1) is 17.0. The van der Waals surface area contributed by atoms with Crippen LogP contribution in [0.3, 0.4) is 0 Å². The van der Waals surface area contributed by atoms with Crippen LogP contribution in [0.1, 0.15) is 44.2 Å². The number of nitrogens with one attached hydrogen (secondary N) is 1. The molecule has 2 aromatic carbocycles. The SMILES string of the molecule is CC1CCCCN1CCCN1CC2=C(C1=O)C(c1cccc(Oc3ccccc3)c1)NC(=O)N2C. The zero-order valence-electron chi connectivity index (χ0n) is 20.6. The molecule has 0 bridgehead atoms. The second kappa shape index (κ2) is 10.1. The van der Waals surface area contributed by atoms with Gasteiger partial charge < -0.3 is 19.9 Å². The number of hydrogen-bond acceptors (Lipinski definition) is 4. The normalized spacial score (nSPS) is 22.9. The Balaban J connectivity index is 1.31. The molecule has 3 amide bonds. The van der Waals surface area contributed by atoms with Crippen LogP contribution in [0.15, 0.2) is 65.9 Å². The topological polar surface area (TPSA) is 65.1 Å². The highest BCUT2D eigenvalue weighted by Gasteiger charge is 2.42. The van der Waals surface area contributed by atoms with Gasteiger partial charge in [0.05, 0.1) is 23.9 Å². The molecule has 35 heavy (non-hydrogen) atoms. The molecule has 7 nitrogen and oxygen atoms in total. The van der Waals surface area contributed by atoms with E-state index in [2.05, 4.69) is 17.1 Å². The summed E-state index contributed by atoms with van der Waals surface area (Å²) >= 11 is 0. The first-order valence-electron chi connectivity index (χ1n) is 12.6. The van der Waals surface area contributed by atoms with Crippen LogP contribution in [-0.2, 0) is 4.79 Å². The molecule has 1 fully saturated rings. The van der Waals surface area contributed by atoms with E-state index in [0.717, 1.165) is 36.5 Å². The lowest BCUT2D eigenvalue weighted by Gasteiger charge is -2.33. The molecular formula is C28H34N4O3. The van der Waals surface area contributed by atoms with E-state index < -0.39 is 6.04 Å². The Hall–Kier alpha value is -3.32. The fourth-order valence-corrected chi connectivity index (χ4v) is 5.39. The molecule has 0 aliphatic carbocycles. The van der Waals surface area contributed by atoms with Crippen molar-refractivity contribution >= 4 is 11.9 Å². The van der Waals surface area contributed by atoms with E-state index in [-0.39, 0.29) is 11.9 Å². The van der Waals surface area contributed by atoms with Gasteiger partial charge in [-0.15, -0.1) is 0 Å². The second-order valence-corrected chi connectivity index (χ2v) is 9.75. The van der Waals surface area contributed by atoms with Crippen molar-refractivity contribution in [2.75, 3.05) is 33.2 Å². The van der Waals surface area contributed by atoms with Gasteiger partial charge in [0.15, 0.2) is 0 Å². The molecule has 3 aliphatic rings. The van der Waals surface area contributed by atoms with Crippen molar-refractivity contribution < 1.29 is 14.3 Å². The average molecular weight is 475 g/mol. The first kappa shape index (κ1) is 23.4. The summed E-state index contributed by atoms with van der Waals surface area (Å²) in [4.78, 5) is 32.3. The van der Waals surface area contributed by atoms with E-state index in [1.807, 2.05) is 59.5 Å². The maximum absolute atomic E-state index is 13.5. The van der Waals surface area contributed by atoms with E-state index in [1.165, 1.54) is 19.3 Å². The largest absolute Gasteiger partial charge is 0.457 e. The van der Waals surface area contributed by atoms with Crippen LogP contribution in [0.5, 0.6) is 11.5 Å². The minimum atomic E-state index is -0.493. The highest BCUT2D eigenvalue weighted by atomic mass is 16.5. The predicted octanol–water partition coefficient (Wildman–Crippen LogP) is 4.54. The number of piperidine rings is 1. The number of hydrogen-bond donors (Lipinski definition) is 1. The third-order valence-electron chi connectivity index (χ3n) is 7.42. The highest BCUT2D eigenvalue weighted by Crippen LogP contribution is 2.37. The van der Waals surface area contributed by atoms with E-state index in [9.17, 15) is 9.59 Å². The number of benzene rings is 2. The number of carbonyl (C=O) groups excluding carboxylic acids is 2. The Morgan fingerprint density at radius 2 is 1.80 bits per heavy atom. The minimum absolute atomic E-state index is 0.0120. The number of ether oxygens (including phenoxy) is 1. The molecule has 0 spiro atoms. The third kappa shape index (κ3) is 4.91. The van der Waals surface area contributed by atoms with E-state index in [1.54, 1.807) is 11.9 Å². The number of likely N-dealkylation sites (N-methyl/N-ethyl adjacent to an activating group) is 1. The number of urea groups is 1. The lowest BCUT2D eigenvalue weighted by molar-refractivity contribution is -0.125. The van der Waals surface area contributed by atoms with Gasteiger partial charge in [-0.1, -0.05) is 36.8 Å². The van der Waals surface area contributed by atoms with E-state index in [4.69, 9.17) is 4.74 Å². The zero-order valence-corrected chi connectivity index (χ0v) is 20.6. The Morgan fingerprint density at radius 1 is 1.00 bits per heavy atom. The molecule has 3 heterocycles. The fourth-order valence-electron chi connectivity index (χ4n) is 5.39. The summed E-state index contributed by atoms with van der Waals surface area (Å²) in [6.07, 6.45) is 4.76. The Morgan fingerprint density at radius 3 is 2.60 bits per heavy atom. The van der Waals surface area contributed by atoms with Gasteiger partial charge in [0.2, 0.25) is 0 Å². The molecule has 0 saturated carbocycles. The van der Waals surface area contributed by atoms with Crippen molar-refractivity contribution in [3.05, 3.63) is 71.4 Å². The van der Waals surface area contributed by atoms with Crippen molar-refractivity contribution in [3.63, 3.8) is 0 Å². The average Bonchev–Trinajstić information content (AvgIpc) is 3.20. The number of amides is 3.